The number of ether oxygens (including phenoxy) is 1. The second-order valence-electron chi connectivity index (χ2n) is 6.09. The van der Waals surface area contributed by atoms with Gasteiger partial charge in [-0.25, -0.2) is 0 Å². The van der Waals surface area contributed by atoms with Crippen LogP contribution >= 0.6 is 15.9 Å². The van der Waals surface area contributed by atoms with Crippen LogP contribution in [0.25, 0.3) is 0 Å². The molecule has 0 atom stereocenters. The Hall–Kier alpha value is -0.830. The Morgan fingerprint density at radius 2 is 1.78 bits per heavy atom. The summed E-state index contributed by atoms with van der Waals surface area (Å²) in [6.45, 7) is 8.61. The van der Waals surface area contributed by atoms with Crippen molar-refractivity contribution in [1.82, 2.24) is 0 Å². The molecule has 0 radical (unpaired) electrons. The average molecular weight is 311 g/mol. The second-order valence-corrected chi connectivity index (χ2v) is 7.00. The lowest BCUT2D eigenvalue weighted by molar-refractivity contribution is 0.0942. The molecule has 0 heterocycles. The lowest BCUT2D eigenvalue weighted by Crippen LogP contribution is -2.09. The van der Waals surface area contributed by atoms with Crippen LogP contribution in [0.4, 0.5) is 0 Å². The fourth-order valence-electron chi connectivity index (χ4n) is 2.88. The normalized spacial score (nSPS) is 20.6. The van der Waals surface area contributed by atoms with Crippen molar-refractivity contribution < 1.29 is 9.53 Å². The summed E-state index contributed by atoms with van der Waals surface area (Å²) in [5.41, 5.74) is 0.782. The number of carbonyl (C=O) groups excluding carboxylic acids is 1. The number of carbonyl (C=O) groups is 1. The summed E-state index contributed by atoms with van der Waals surface area (Å²) in [4.78, 5) is 12.7. The third-order valence-corrected chi connectivity index (χ3v) is 5.20. The number of Topliss-reactive ketones (excluding diaryl/α,β-unsaturated/α-hetero) is 1. The van der Waals surface area contributed by atoms with Crippen LogP contribution < -0.4 is 4.74 Å². The molecule has 0 amide bonds. The molecule has 1 aromatic rings. The zero-order chi connectivity index (χ0) is 13.7. The molecule has 0 aromatic heterocycles. The Labute approximate surface area is 117 Å². The van der Waals surface area contributed by atoms with Gasteiger partial charge in [-0.15, -0.1) is 0 Å². The van der Waals surface area contributed by atoms with Crippen molar-refractivity contribution in [3.63, 3.8) is 0 Å². The number of halogens is 1. The zero-order valence-electron chi connectivity index (χ0n) is 11.5. The summed E-state index contributed by atoms with van der Waals surface area (Å²) in [5, 5.41) is 0. The van der Waals surface area contributed by atoms with Crippen LogP contribution in [0.15, 0.2) is 22.7 Å². The molecule has 0 bridgehead atoms. The van der Waals surface area contributed by atoms with E-state index in [1.165, 1.54) is 0 Å². The number of methoxy groups -OCH3 is 1. The standard InChI is InChI=1S/C15H19BrO2/c1-14(2)13(15(14,3)4)12(17)10-8-9(16)6-7-11(10)18-5/h6-8,13H,1-5H3. The Kier molecular flexibility index (Phi) is 3.09. The lowest BCUT2D eigenvalue weighted by atomic mass is 10.0. The molecule has 0 N–H and O–H groups in total. The van der Waals surface area contributed by atoms with E-state index in [-0.39, 0.29) is 22.5 Å². The Morgan fingerprint density at radius 3 is 2.22 bits per heavy atom. The van der Waals surface area contributed by atoms with Crippen LogP contribution in [0.5, 0.6) is 5.75 Å². The van der Waals surface area contributed by atoms with Crippen LogP contribution in [0.3, 0.4) is 0 Å². The molecule has 1 aliphatic rings. The molecule has 18 heavy (non-hydrogen) atoms. The van der Waals surface area contributed by atoms with Gasteiger partial charge in [-0.3, -0.25) is 4.79 Å². The Morgan fingerprint density at radius 1 is 1.22 bits per heavy atom. The third kappa shape index (κ3) is 1.80. The fourth-order valence-corrected chi connectivity index (χ4v) is 3.24. The van der Waals surface area contributed by atoms with Crippen molar-refractivity contribution in [3.8, 4) is 5.75 Å². The van der Waals surface area contributed by atoms with E-state index < -0.39 is 0 Å². The van der Waals surface area contributed by atoms with Crippen LogP contribution in [0, 0.1) is 16.7 Å². The molecule has 1 aromatic carbocycles. The number of rotatable bonds is 3. The highest BCUT2D eigenvalue weighted by Gasteiger charge is 2.68. The number of hydrogen-bond acceptors (Lipinski definition) is 2. The molecule has 2 rings (SSSR count). The molecule has 1 fully saturated rings. The number of hydrogen-bond donors (Lipinski definition) is 0. The van der Waals surface area contributed by atoms with E-state index in [4.69, 9.17) is 4.74 Å². The van der Waals surface area contributed by atoms with Gasteiger partial charge in [0, 0.05) is 10.4 Å². The summed E-state index contributed by atoms with van der Waals surface area (Å²) < 4.78 is 6.20. The van der Waals surface area contributed by atoms with E-state index in [0.717, 1.165) is 4.47 Å². The lowest BCUT2D eigenvalue weighted by Gasteiger charge is -2.09. The van der Waals surface area contributed by atoms with E-state index in [1.54, 1.807) is 7.11 Å². The highest BCUT2D eigenvalue weighted by molar-refractivity contribution is 9.10. The van der Waals surface area contributed by atoms with Crippen molar-refractivity contribution in [1.29, 1.82) is 0 Å². The van der Waals surface area contributed by atoms with Gasteiger partial charge >= 0.3 is 0 Å². The maximum absolute atomic E-state index is 12.7. The first kappa shape index (κ1) is 13.6. The van der Waals surface area contributed by atoms with E-state index in [0.29, 0.717) is 11.3 Å². The van der Waals surface area contributed by atoms with Crippen molar-refractivity contribution in [3.05, 3.63) is 28.2 Å². The van der Waals surface area contributed by atoms with Gasteiger partial charge in [0.15, 0.2) is 5.78 Å². The predicted molar refractivity (Wildman–Crippen MR) is 76.1 cm³/mol. The van der Waals surface area contributed by atoms with Crippen molar-refractivity contribution in [2.24, 2.45) is 16.7 Å². The van der Waals surface area contributed by atoms with Crippen LogP contribution in [-0.2, 0) is 0 Å². The molecule has 0 unspecified atom stereocenters. The van der Waals surface area contributed by atoms with Gasteiger partial charge in [-0.1, -0.05) is 43.6 Å². The molecule has 1 aliphatic carbocycles. The molecular formula is C15H19BrO2. The summed E-state index contributed by atoms with van der Waals surface area (Å²) in [6.07, 6.45) is 0. The average Bonchev–Trinajstić information content (AvgIpc) is 2.68. The van der Waals surface area contributed by atoms with E-state index >= 15 is 0 Å². The molecule has 98 valence electrons. The van der Waals surface area contributed by atoms with E-state index in [1.807, 2.05) is 18.2 Å². The second kappa shape index (κ2) is 4.09. The third-order valence-electron chi connectivity index (χ3n) is 4.71. The minimum atomic E-state index is 0.0530. The number of benzene rings is 1. The Balaban J connectivity index is 2.40. The molecular weight excluding hydrogens is 292 g/mol. The Bertz CT molecular complexity index is 489. The quantitative estimate of drug-likeness (QED) is 0.777. The topological polar surface area (TPSA) is 26.3 Å². The van der Waals surface area contributed by atoms with Gasteiger partial charge in [-0.05, 0) is 29.0 Å². The van der Waals surface area contributed by atoms with Crippen molar-refractivity contribution >= 4 is 21.7 Å². The first-order chi connectivity index (χ1) is 8.23. The van der Waals surface area contributed by atoms with Gasteiger partial charge in [0.2, 0.25) is 0 Å². The molecule has 1 saturated carbocycles. The van der Waals surface area contributed by atoms with Crippen molar-refractivity contribution in [2.75, 3.05) is 7.11 Å². The molecule has 0 spiro atoms. The smallest absolute Gasteiger partial charge is 0.170 e. The summed E-state index contributed by atoms with van der Waals surface area (Å²) in [5.74, 6) is 0.901. The first-order valence-corrected chi connectivity index (χ1v) is 6.90. The highest BCUT2D eigenvalue weighted by Crippen LogP contribution is 2.69. The van der Waals surface area contributed by atoms with Gasteiger partial charge in [0.1, 0.15) is 5.75 Å². The van der Waals surface area contributed by atoms with Crippen LogP contribution in [0.2, 0.25) is 0 Å². The predicted octanol–water partition coefficient (Wildman–Crippen LogP) is 4.32. The highest BCUT2D eigenvalue weighted by atomic mass is 79.9. The minimum absolute atomic E-state index is 0.0530. The van der Waals surface area contributed by atoms with Gasteiger partial charge < -0.3 is 4.74 Å². The van der Waals surface area contributed by atoms with Crippen molar-refractivity contribution in [2.45, 2.75) is 27.7 Å². The van der Waals surface area contributed by atoms with Gasteiger partial charge in [-0.2, -0.15) is 0 Å². The molecule has 3 heteroatoms. The zero-order valence-corrected chi connectivity index (χ0v) is 13.1. The van der Waals surface area contributed by atoms with Crippen LogP contribution in [-0.4, -0.2) is 12.9 Å². The summed E-state index contributed by atoms with van der Waals surface area (Å²) in [7, 11) is 1.60. The van der Waals surface area contributed by atoms with Gasteiger partial charge in [0.05, 0.1) is 12.7 Å². The largest absolute Gasteiger partial charge is 0.496 e. The molecule has 2 nitrogen and oxygen atoms in total. The maximum Gasteiger partial charge on any atom is 0.170 e. The van der Waals surface area contributed by atoms with E-state index in [2.05, 4.69) is 43.6 Å². The maximum atomic E-state index is 12.7. The summed E-state index contributed by atoms with van der Waals surface area (Å²) in [6, 6.07) is 5.57. The molecule has 0 saturated heterocycles. The minimum Gasteiger partial charge on any atom is -0.496 e. The number of ketones is 1. The monoisotopic (exact) mass is 310 g/mol. The SMILES string of the molecule is COc1ccc(Br)cc1C(=O)C1C(C)(C)C1(C)C. The molecule has 0 aliphatic heterocycles. The summed E-state index contributed by atoms with van der Waals surface area (Å²) >= 11 is 3.41. The fraction of sp³-hybridized carbons (Fsp3) is 0.533. The first-order valence-electron chi connectivity index (χ1n) is 6.11. The van der Waals surface area contributed by atoms with Gasteiger partial charge in [0.25, 0.3) is 0 Å². The van der Waals surface area contributed by atoms with E-state index in [9.17, 15) is 4.79 Å². The van der Waals surface area contributed by atoms with Crippen LogP contribution in [0.1, 0.15) is 38.1 Å².